The summed E-state index contributed by atoms with van der Waals surface area (Å²) >= 11 is 0. The average molecular weight is 466 g/mol. The van der Waals surface area contributed by atoms with Crippen LogP contribution in [0.4, 0.5) is 29.2 Å². The van der Waals surface area contributed by atoms with Gasteiger partial charge in [-0.2, -0.15) is 13.2 Å². The summed E-state index contributed by atoms with van der Waals surface area (Å²) in [4.78, 5) is 20.5. The van der Waals surface area contributed by atoms with Crippen LogP contribution in [0.3, 0.4) is 0 Å². The highest BCUT2D eigenvalue weighted by Crippen LogP contribution is 2.34. The summed E-state index contributed by atoms with van der Waals surface area (Å²) in [5.74, 6) is -1.02. The van der Waals surface area contributed by atoms with Crippen LogP contribution in [0.2, 0.25) is 0 Å². The molecule has 0 atom stereocenters. The van der Waals surface area contributed by atoms with Gasteiger partial charge in [-0.1, -0.05) is 36.4 Å². The van der Waals surface area contributed by atoms with Gasteiger partial charge in [0.05, 0.1) is 5.56 Å². The predicted octanol–water partition coefficient (Wildman–Crippen LogP) is 5.73. The van der Waals surface area contributed by atoms with Crippen molar-refractivity contribution < 1.29 is 22.4 Å². The highest BCUT2D eigenvalue weighted by Gasteiger charge is 2.33. The summed E-state index contributed by atoms with van der Waals surface area (Å²) in [6.45, 7) is 0. The van der Waals surface area contributed by atoms with E-state index in [-0.39, 0.29) is 29.1 Å². The second kappa shape index (κ2) is 9.30. The number of rotatable bonds is 6. The monoisotopic (exact) mass is 466 g/mol. The van der Waals surface area contributed by atoms with Crippen LogP contribution < -0.4 is 11.1 Å². The molecule has 1 heterocycles. The molecule has 34 heavy (non-hydrogen) atoms. The van der Waals surface area contributed by atoms with Gasteiger partial charge >= 0.3 is 6.18 Å². The number of aromatic nitrogens is 2. The van der Waals surface area contributed by atoms with E-state index in [1.54, 1.807) is 24.3 Å². The lowest BCUT2D eigenvalue weighted by molar-refractivity contribution is -0.138. The largest absolute Gasteiger partial charge is 0.416 e. The summed E-state index contributed by atoms with van der Waals surface area (Å²) in [6, 6.07) is 15.7. The third-order valence-electron chi connectivity index (χ3n) is 5.19. The Hall–Kier alpha value is -4.27. The molecule has 4 rings (SSSR count). The number of anilines is 2. The molecular formula is C25H18F4N4O. The summed E-state index contributed by atoms with van der Waals surface area (Å²) in [7, 11) is 0. The number of nitrogens with one attached hydrogen (secondary N) is 1. The van der Waals surface area contributed by atoms with Gasteiger partial charge in [0.1, 0.15) is 5.82 Å². The number of carbonyl (C=O) groups is 1. The lowest BCUT2D eigenvalue weighted by Gasteiger charge is -2.17. The van der Waals surface area contributed by atoms with E-state index in [0.29, 0.717) is 16.8 Å². The first-order valence-corrected chi connectivity index (χ1v) is 10.1. The Balaban J connectivity index is 1.69. The number of benzene rings is 3. The van der Waals surface area contributed by atoms with Crippen molar-refractivity contribution in [2.45, 2.75) is 12.6 Å². The number of carbonyl (C=O) groups excluding carboxylic acids is 1. The topological polar surface area (TPSA) is 80.9 Å². The van der Waals surface area contributed by atoms with Gasteiger partial charge in [0.2, 0.25) is 11.9 Å². The van der Waals surface area contributed by atoms with Crippen LogP contribution in [-0.4, -0.2) is 15.9 Å². The van der Waals surface area contributed by atoms with Crippen LogP contribution in [0.25, 0.3) is 11.1 Å². The van der Waals surface area contributed by atoms with Crippen molar-refractivity contribution in [3.05, 3.63) is 107 Å². The molecule has 4 aromatic rings. The lowest BCUT2D eigenvalue weighted by atomic mass is 9.94. The third kappa shape index (κ3) is 5.03. The number of nitrogens with two attached hydrogens (primary N) is 1. The van der Waals surface area contributed by atoms with E-state index in [1.807, 2.05) is 0 Å². The van der Waals surface area contributed by atoms with Crippen LogP contribution in [0.15, 0.2) is 79.1 Å². The molecule has 172 valence electrons. The Morgan fingerprint density at radius 3 is 2.29 bits per heavy atom. The van der Waals surface area contributed by atoms with Crippen LogP contribution in [0.5, 0.6) is 0 Å². The first-order chi connectivity index (χ1) is 16.2. The molecule has 0 fully saturated rings. The highest BCUT2D eigenvalue weighted by atomic mass is 19.4. The van der Waals surface area contributed by atoms with Crippen molar-refractivity contribution in [1.82, 2.24) is 9.97 Å². The zero-order valence-electron chi connectivity index (χ0n) is 17.6. The minimum absolute atomic E-state index is 0.00544. The number of amides is 1. The molecule has 3 aromatic carbocycles. The highest BCUT2D eigenvalue weighted by molar-refractivity contribution is 5.96. The van der Waals surface area contributed by atoms with E-state index < -0.39 is 23.5 Å². The third-order valence-corrected chi connectivity index (χ3v) is 5.19. The molecule has 0 radical (unpaired) electrons. The number of hydrogen-bond acceptors (Lipinski definition) is 4. The van der Waals surface area contributed by atoms with Crippen molar-refractivity contribution in [2.75, 3.05) is 5.32 Å². The second-order valence-corrected chi connectivity index (χ2v) is 7.46. The van der Waals surface area contributed by atoms with Crippen molar-refractivity contribution in [1.29, 1.82) is 0 Å². The van der Waals surface area contributed by atoms with E-state index >= 15 is 0 Å². The number of primary amides is 1. The molecule has 1 amide bonds. The molecule has 0 aliphatic rings. The standard InChI is InChI=1S/C25H18F4N4O/c26-18-7-3-6-15(11-18)17-13-31-24(32-14-17)33-22-10-4-8-19(23(30)34)20(22)12-16-5-1-2-9-21(16)25(27,28)29/h1-11,13-14H,12H2,(H2,30,34)(H,31,32,33). The second-order valence-electron chi connectivity index (χ2n) is 7.46. The lowest BCUT2D eigenvalue weighted by Crippen LogP contribution is -2.16. The van der Waals surface area contributed by atoms with Crippen molar-refractivity contribution in [2.24, 2.45) is 5.73 Å². The van der Waals surface area contributed by atoms with Gasteiger partial charge < -0.3 is 11.1 Å². The molecular weight excluding hydrogens is 448 g/mol. The summed E-state index contributed by atoms with van der Waals surface area (Å²) in [6.07, 6.45) is -1.78. The van der Waals surface area contributed by atoms with E-state index in [2.05, 4.69) is 15.3 Å². The molecule has 0 saturated heterocycles. The van der Waals surface area contributed by atoms with Crippen LogP contribution >= 0.6 is 0 Å². The summed E-state index contributed by atoms with van der Waals surface area (Å²) in [5.41, 5.74) is 6.57. The quantitative estimate of drug-likeness (QED) is 0.356. The van der Waals surface area contributed by atoms with Gasteiger partial charge in [0, 0.05) is 35.6 Å². The van der Waals surface area contributed by atoms with Crippen LogP contribution in [-0.2, 0) is 12.6 Å². The molecule has 0 aliphatic carbocycles. The predicted molar refractivity (Wildman–Crippen MR) is 120 cm³/mol. The fraction of sp³-hybridized carbons (Fsp3) is 0.0800. The van der Waals surface area contributed by atoms with Crippen LogP contribution in [0, 0.1) is 5.82 Å². The molecule has 3 N–H and O–H groups in total. The maximum Gasteiger partial charge on any atom is 0.416 e. The first-order valence-electron chi connectivity index (χ1n) is 10.1. The fourth-order valence-corrected chi connectivity index (χ4v) is 3.60. The molecule has 0 saturated carbocycles. The maximum absolute atomic E-state index is 13.5. The van der Waals surface area contributed by atoms with E-state index in [9.17, 15) is 22.4 Å². The van der Waals surface area contributed by atoms with E-state index in [4.69, 9.17) is 5.73 Å². The fourth-order valence-electron chi connectivity index (χ4n) is 3.60. The Labute approximate surface area is 192 Å². The Kier molecular flexibility index (Phi) is 6.27. The van der Waals surface area contributed by atoms with Crippen molar-refractivity contribution in [3.8, 4) is 11.1 Å². The maximum atomic E-state index is 13.5. The van der Waals surface area contributed by atoms with Crippen LogP contribution in [0.1, 0.15) is 27.0 Å². The summed E-state index contributed by atoms with van der Waals surface area (Å²) < 4.78 is 54.0. The smallest absolute Gasteiger partial charge is 0.366 e. The minimum Gasteiger partial charge on any atom is -0.366 e. The van der Waals surface area contributed by atoms with Gasteiger partial charge in [-0.3, -0.25) is 4.79 Å². The van der Waals surface area contributed by atoms with Gasteiger partial charge in [-0.15, -0.1) is 0 Å². The SMILES string of the molecule is NC(=O)c1cccc(Nc2ncc(-c3cccc(F)c3)cn2)c1Cc1ccccc1C(F)(F)F. The average Bonchev–Trinajstić information content (AvgIpc) is 2.80. The van der Waals surface area contributed by atoms with E-state index in [1.165, 1.54) is 48.8 Å². The number of halogens is 4. The normalized spacial score (nSPS) is 11.3. The number of nitrogens with zero attached hydrogens (tertiary/aromatic N) is 2. The Bertz CT molecular complexity index is 1340. The molecule has 0 bridgehead atoms. The zero-order chi connectivity index (χ0) is 24.3. The van der Waals surface area contributed by atoms with E-state index in [0.717, 1.165) is 6.07 Å². The first kappa shape index (κ1) is 22.9. The zero-order valence-corrected chi connectivity index (χ0v) is 17.6. The van der Waals surface area contributed by atoms with Gasteiger partial charge in [-0.25, -0.2) is 14.4 Å². The summed E-state index contributed by atoms with van der Waals surface area (Å²) in [5, 5.41) is 2.95. The molecule has 5 nitrogen and oxygen atoms in total. The molecule has 1 aromatic heterocycles. The van der Waals surface area contributed by atoms with Gasteiger partial charge in [0.25, 0.3) is 0 Å². The molecule has 0 unspecified atom stereocenters. The Morgan fingerprint density at radius 1 is 0.912 bits per heavy atom. The number of hydrogen-bond donors (Lipinski definition) is 2. The minimum atomic E-state index is -4.55. The van der Waals surface area contributed by atoms with Gasteiger partial charge in [-0.05, 0) is 47.0 Å². The molecule has 0 aliphatic heterocycles. The van der Waals surface area contributed by atoms with Crippen molar-refractivity contribution in [3.63, 3.8) is 0 Å². The molecule has 0 spiro atoms. The van der Waals surface area contributed by atoms with Crippen molar-refractivity contribution >= 4 is 17.5 Å². The molecule has 9 heteroatoms. The Morgan fingerprint density at radius 2 is 1.62 bits per heavy atom. The van der Waals surface area contributed by atoms with Gasteiger partial charge in [0.15, 0.2) is 0 Å². The number of alkyl halides is 3.